The molecule has 2 aliphatic heterocycles. The predicted molar refractivity (Wildman–Crippen MR) is 97.3 cm³/mol. The predicted octanol–water partition coefficient (Wildman–Crippen LogP) is 2.91. The fraction of sp³-hybridized carbons (Fsp3) is 0.650. The highest BCUT2D eigenvalue weighted by molar-refractivity contribution is 5.69. The molecule has 2 atom stereocenters. The summed E-state index contributed by atoms with van der Waals surface area (Å²) >= 11 is 0. The zero-order valence-corrected chi connectivity index (χ0v) is 16.3. The second-order valence-electron chi connectivity index (χ2n) is 8.50. The Morgan fingerprint density at radius 3 is 2.52 bits per heavy atom. The molecule has 1 amide bonds. The van der Waals surface area contributed by atoms with Crippen molar-refractivity contribution in [2.45, 2.75) is 63.3 Å². The third-order valence-corrected chi connectivity index (χ3v) is 5.00. The highest BCUT2D eigenvalue weighted by Crippen LogP contribution is 2.38. The summed E-state index contributed by atoms with van der Waals surface area (Å²) in [5.74, 6) is 0.171. The summed E-state index contributed by atoms with van der Waals surface area (Å²) in [6, 6.07) is 3.73. The van der Waals surface area contributed by atoms with Crippen molar-refractivity contribution in [3.05, 3.63) is 29.6 Å². The van der Waals surface area contributed by atoms with Gasteiger partial charge in [0.2, 0.25) is 0 Å². The van der Waals surface area contributed by atoms with Gasteiger partial charge in [0, 0.05) is 6.42 Å². The number of nitrogens with zero attached hydrogens (tertiary/aromatic N) is 1. The fourth-order valence-corrected chi connectivity index (χ4v) is 4.07. The number of piperidine rings is 1. The van der Waals surface area contributed by atoms with Crippen LogP contribution in [0.5, 0.6) is 5.75 Å². The summed E-state index contributed by atoms with van der Waals surface area (Å²) < 4.78 is 30.1. The lowest BCUT2D eigenvalue weighted by atomic mass is 9.77. The molecule has 3 rings (SSSR count). The van der Waals surface area contributed by atoms with E-state index in [4.69, 9.17) is 14.2 Å². The van der Waals surface area contributed by atoms with E-state index < -0.39 is 11.2 Å². The van der Waals surface area contributed by atoms with E-state index in [0.717, 1.165) is 0 Å². The van der Waals surface area contributed by atoms with Crippen molar-refractivity contribution in [3.63, 3.8) is 0 Å². The maximum absolute atomic E-state index is 13.7. The van der Waals surface area contributed by atoms with Crippen LogP contribution in [-0.4, -0.2) is 59.7 Å². The molecule has 150 valence electrons. The first-order chi connectivity index (χ1) is 12.6. The van der Waals surface area contributed by atoms with Crippen LogP contribution in [0.25, 0.3) is 0 Å². The Morgan fingerprint density at radius 1 is 1.33 bits per heavy atom. The van der Waals surface area contributed by atoms with Gasteiger partial charge in [0.25, 0.3) is 0 Å². The number of hydrogen-bond acceptors (Lipinski definition) is 5. The number of amides is 1. The van der Waals surface area contributed by atoms with E-state index in [0.29, 0.717) is 37.4 Å². The first-order valence-corrected chi connectivity index (χ1v) is 9.24. The molecule has 1 aromatic rings. The Hall–Kier alpha value is -1.86. The van der Waals surface area contributed by atoms with Crippen LogP contribution in [0.2, 0.25) is 0 Å². The van der Waals surface area contributed by atoms with Crippen LogP contribution in [0.15, 0.2) is 18.2 Å². The number of carbonyl (C=O) groups is 1. The first kappa shape index (κ1) is 19.9. The summed E-state index contributed by atoms with van der Waals surface area (Å²) in [6.45, 7) is 6.17. The average molecular weight is 381 g/mol. The van der Waals surface area contributed by atoms with Crippen LogP contribution < -0.4 is 4.74 Å². The van der Waals surface area contributed by atoms with Crippen LogP contribution in [0.1, 0.15) is 39.2 Å². The number of halogens is 1. The second kappa shape index (κ2) is 7.28. The Bertz CT molecular complexity index is 688. The molecule has 2 aliphatic rings. The highest BCUT2D eigenvalue weighted by atomic mass is 19.1. The number of fused-ring (bicyclic) bond motifs is 2. The molecule has 6 nitrogen and oxygen atoms in total. The highest BCUT2D eigenvalue weighted by Gasteiger charge is 2.49. The molecule has 0 aliphatic carbocycles. The van der Waals surface area contributed by atoms with Gasteiger partial charge in [-0.05, 0) is 57.4 Å². The molecule has 2 fully saturated rings. The van der Waals surface area contributed by atoms with Crippen molar-refractivity contribution in [2.75, 3.05) is 20.3 Å². The molecule has 0 spiro atoms. The van der Waals surface area contributed by atoms with Crippen LogP contribution in [0.3, 0.4) is 0 Å². The Kier molecular flexibility index (Phi) is 5.36. The SMILES string of the molecule is COc1ccc(F)cc1CC1(O)CC2COCC(C1)N2C(=O)OC(C)(C)C. The van der Waals surface area contributed by atoms with Gasteiger partial charge in [0.15, 0.2) is 0 Å². The van der Waals surface area contributed by atoms with E-state index in [1.54, 1.807) is 11.0 Å². The largest absolute Gasteiger partial charge is 0.496 e. The van der Waals surface area contributed by atoms with Crippen LogP contribution >= 0.6 is 0 Å². The Balaban J connectivity index is 1.79. The molecule has 27 heavy (non-hydrogen) atoms. The zero-order chi connectivity index (χ0) is 19.8. The summed E-state index contributed by atoms with van der Waals surface area (Å²) in [5, 5.41) is 11.3. The number of carbonyl (C=O) groups excluding carboxylic acids is 1. The molecule has 1 N–H and O–H groups in total. The quantitative estimate of drug-likeness (QED) is 0.872. The molecule has 0 radical (unpaired) electrons. The zero-order valence-electron chi connectivity index (χ0n) is 16.3. The van der Waals surface area contributed by atoms with Gasteiger partial charge < -0.3 is 19.3 Å². The third-order valence-electron chi connectivity index (χ3n) is 5.00. The average Bonchev–Trinajstić information content (AvgIpc) is 2.52. The van der Waals surface area contributed by atoms with E-state index in [9.17, 15) is 14.3 Å². The summed E-state index contributed by atoms with van der Waals surface area (Å²) in [4.78, 5) is 14.3. The van der Waals surface area contributed by atoms with E-state index in [2.05, 4.69) is 0 Å². The van der Waals surface area contributed by atoms with E-state index in [1.807, 2.05) is 20.8 Å². The third kappa shape index (κ3) is 4.52. The molecule has 1 aromatic carbocycles. The van der Waals surface area contributed by atoms with Gasteiger partial charge in [-0.15, -0.1) is 0 Å². The number of methoxy groups -OCH3 is 1. The monoisotopic (exact) mass is 381 g/mol. The van der Waals surface area contributed by atoms with Gasteiger partial charge in [-0.25, -0.2) is 9.18 Å². The molecule has 2 saturated heterocycles. The number of benzene rings is 1. The Labute approximate surface area is 159 Å². The lowest BCUT2D eigenvalue weighted by Gasteiger charge is -2.51. The summed E-state index contributed by atoms with van der Waals surface area (Å²) in [7, 11) is 1.52. The first-order valence-electron chi connectivity index (χ1n) is 9.24. The van der Waals surface area contributed by atoms with Crippen molar-refractivity contribution >= 4 is 6.09 Å². The topological polar surface area (TPSA) is 68.2 Å². The minimum atomic E-state index is -1.07. The number of morpholine rings is 1. The molecular formula is C20H28FNO5. The van der Waals surface area contributed by atoms with Crippen molar-refractivity contribution in [3.8, 4) is 5.75 Å². The molecule has 2 heterocycles. The number of ether oxygens (including phenoxy) is 3. The maximum atomic E-state index is 13.7. The maximum Gasteiger partial charge on any atom is 0.410 e. The van der Waals surface area contributed by atoms with Crippen molar-refractivity contribution in [2.24, 2.45) is 0 Å². The van der Waals surface area contributed by atoms with Gasteiger partial charge in [-0.1, -0.05) is 0 Å². The van der Waals surface area contributed by atoms with Gasteiger partial charge in [-0.3, -0.25) is 4.90 Å². The Morgan fingerprint density at radius 2 is 1.96 bits per heavy atom. The van der Waals surface area contributed by atoms with Gasteiger partial charge >= 0.3 is 6.09 Å². The van der Waals surface area contributed by atoms with Crippen LogP contribution in [-0.2, 0) is 15.9 Å². The van der Waals surface area contributed by atoms with Gasteiger partial charge in [0.1, 0.15) is 17.2 Å². The standard InChI is InChI=1S/C20H28FNO5/c1-19(2,3)27-18(23)22-15-9-20(24,10-16(22)12-26-11-15)8-13-7-14(21)5-6-17(13)25-4/h5-7,15-16,24H,8-12H2,1-4H3. The minimum absolute atomic E-state index is 0.253. The van der Waals surface area contributed by atoms with Gasteiger partial charge in [0.05, 0.1) is 38.0 Å². The second-order valence-corrected chi connectivity index (χ2v) is 8.50. The number of rotatable bonds is 3. The van der Waals surface area contributed by atoms with Crippen molar-refractivity contribution < 1.29 is 28.5 Å². The van der Waals surface area contributed by atoms with Gasteiger partial charge in [-0.2, -0.15) is 0 Å². The smallest absolute Gasteiger partial charge is 0.410 e. The molecule has 0 aromatic heterocycles. The summed E-state index contributed by atoms with van der Waals surface area (Å²) in [6.07, 6.45) is 0.541. The minimum Gasteiger partial charge on any atom is -0.496 e. The molecular weight excluding hydrogens is 353 g/mol. The van der Waals surface area contributed by atoms with Crippen LogP contribution in [0, 0.1) is 5.82 Å². The lowest BCUT2D eigenvalue weighted by Crippen LogP contribution is -2.64. The van der Waals surface area contributed by atoms with E-state index in [1.165, 1.54) is 19.2 Å². The summed E-state index contributed by atoms with van der Waals surface area (Å²) in [5.41, 5.74) is -1.04. The normalized spacial score (nSPS) is 28.0. The van der Waals surface area contributed by atoms with E-state index >= 15 is 0 Å². The molecule has 2 bridgehead atoms. The van der Waals surface area contributed by atoms with Crippen molar-refractivity contribution in [1.82, 2.24) is 4.90 Å². The van der Waals surface area contributed by atoms with Crippen molar-refractivity contribution in [1.29, 1.82) is 0 Å². The van der Waals surface area contributed by atoms with E-state index in [-0.39, 0.29) is 30.4 Å². The molecule has 7 heteroatoms. The van der Waals surface area contributed by atoms with Crippen LogP contribution in [0.4, 0.5) is 9.18 Å². The lowest BCUT2D eigenvalue weighted by molar-refractivity contribution is -0.137. The molecule has 2 unspecified atom stereocenters. The fourth-order valence-electron chi connectivity index (χ4n) is 4.07. The number of hydrogen-bond donors (Lipinski definition) is 1. The molecule has 0 saturated carbocycles. The number of aliphatic hydroxyl groups is 1.